The van der Waals surface area contributed by atoms with Gasteiger partial charge in [0.1, 0.15) is 0 Å². The van der Waals surface area contributed by atoms with Crippen molar-refractivity contribution in [2.24, 2.45) is 0 Å². The van der Waals surface area contributed by atoms with Crippen molar-refractivity contribution in [3.05, 3.63) is 47.5 Å². The number of rotatable bonds is 3. The van der Waals surface area contributed by atoms with Crippen molar-refractivity contribution in [1.82, 2.24) is 4.37 Å². The minimum absolute atomic E-state index is 1.07. The summed E-state index contributed by atoms with van der Waals surface area (Å²) in [7, 11) is 0. The van der Waals surface area contributed by atoms with E-state index in [-0.39, 0.29) is 0 Å². The molecule has 0 aliphatic heterocycles. The van der Waals surface area contributed by atoms with Crippen molar-refractivity contribution in [3.63, 3.8) is 0 Å². The van der Waals surface area contributed by atoms with Crippen LogP contribution in [0.1, 0.15) is 18.2 Å². The van der Waals surface area contributed by atoms with Gasteiger partial charge in [0.05, 0.1) is 5.69 Å². The first-order valence-electron chi connectivity index (χ1n) is 4.16. The third-order valence-corrected chi connectivity index (χ3v) is 2.49. The SMILES string of the molecule is C=C/C=C\C(=C/C)c1nscc1C. The van der Waals surface area contributed by atoms with Gasteiger partial charge in [0, 0.05) is 5.38 Å². The number of aryl methyl sites for hydroxylation is 1. The Bertz CT molecular complexity index is 345. The van der Waals surface area contributed by atoms with Crippen LogP contribution in [-0.4, -0.2) is 4.37 Å². The van der Waals surface area contributed by atoms with Crippen molar-refractivity contribution in [2.75, 3.05) is 0 Å². The van der Waals surface area contributed by atoms with E-state index in [1.54, 1.807) is 6.08 Å². The van der Waals surface area contributed by atoms with Gasteiger partial charge in [0.25, 0.3) is 0 Å². The molecule has 0 radical (unpaired) electrons. The molecule has 0 unspecified atom stereocenters. The maximum Gasteiger partial charge on any atom is 0.0866 e. The Hall–Kier alpha value is -1.15. The highest BCUT2D eigenvalue weighted by molar-refractivity contribution is 7.03. The van der Waals surface area contributed by atoms with Crippen LogP contribution in [0.3, 0.4) is 0 Å². The lowest BCUT2D eigenvalue weighted by Gasteiger charge is -1.97. The van der Waals surface area contributed by atoms with Crippen LogP contribution in [-0.2, 0) is 0 Å². The lowest BCUT2D eigenvalue weighted by molar-refractivity contribution is 1.38. The normalized spacial score (nSPS) is 12.3. The van der Waals surface area contributed by atoms with Gasteiger partial charge in [-0.1, -0.05) is 30.9 Å². The fourth-order valence-corrected chi connectivity index (χ4v) is 1.73. The summed E-state index contributed by atoms with van der Waals surface area (Å²) >= 11 is 1.49. The van der Waals surface area contributed by atoms with Gasteiger partial charge in [-0.3, -0.25) is 0 Å². The molecule has 0 aromatic carbocycles. The van der Waals surface area contributed by atoms with E-state index in [0.29, 0.717) is 0 Å². The Morgan fingerprint density at radius 2 is 2.38 bits per heavy atom. The third kappa shape index (κ3) is 2.39. The van der Waals surface area contributed by atoms with E-state index in [1.807, 2.05) is 19.1 Å². The van der Waals surface area contributed by atoms with Gasteiger partial charge in [-0.25, -0.2) is 0 Å². The number of aromatic nitrogens is 1. The van der Waals surface area contributed by atoms with E-state index in [9.17, 15) is 0 Å². The quantitative estimate of drug-likeness (QED) is 0.665. The summed E-state index contributed by atoms with van der Waals surface area (Å²) in [6.45, 7) is 7.73. The van der Waals surface area contributed by atoms with Gasteiger partial charge in [0.15, 0.2) is 0 Å². The molecule has 0 bridgehead atoms. The zero-order valence-electron chi connectivity index (χ0n) is 7.95. The van der Waals surface area contributed by atoms with E-state index < -0.39 is 0 Å². The number of hydrogen-bond acceptors (Lipinski definition) is 2. The number of nitrogens with zero attached hydrogens (tertiary/aromatic N) is 1. The average molecular weight is 191 g/mol. The molecule has 0 atom stereocenters. The molecule has 1 aromatic heterocycles. The van der Waals surface area contributed by atoms with E-state index in [0.717, 1.165) is 11.3 Å². The van der Waals surface area contributed by atoms with Crippen molar-refractivity contribution in [3.8, 4) is 0 Å². The van der Waals surface area contributed by atoms with E-state index in [4.69, 9.17) is 0 Å². The minimum atomic E-state index is 1.07. The zero-order valence-corrected chi connectivity index (χ0v) is 8.77. The van der Waals surface area contributed by atoms with Gasteiger partial charge < -0.3 is 0 Å². The Kier molecular flexibility index (Phi) is 3.65. The van der Waals surface area contributed by atoms with Crippen LogP contribution in [0.15, 0.2) is 36.3 Å². The Balaban J connectivity index is 2.98. The standard InChI is InChI=1S/C11H13NS/c1-4-6-7-10(5-2)11-9(3)8-13-12-11/h4-8H,1H2,2-3H3/b7-6-,10-5+. The van der Waals surface area contributed by atoms with Crippen LogP contribution in [0.2, 0.25) is 0 Å². The molecule has 0 fully saturated rings. The Labute approximate surface area is 83.3 Å². The smallest absolute Gasteiger partial charge is 0.0866 e. The topological polar surface area (TPSA) is 12.9 Å². The molecular weight excluding hydrogens is 178 g/mol. The van der Waals surface area contributed by atoms with Gasteiger partial charge in [0.2, 0.25) is 0 Å². The predicted molar refractivity (Wildman–Crippen MR) is 59.8 cm³/mol. The minimum Gasteiger partial charge on any atom is -0.192 e. The highest BCUT2D eigenvalue weighted by Gasteiger charge is 2.03. The van der Waals surface area contributed by atoms with Gasteiger partial charge in [-0.2, -0.15) is 4.37 Å². The second-order valence-corrected chi connectivity index (χ2v) is 3.31. The molecular formula is C11H13NS. The molecule has 13 heavy (non-hydrogen) atoms. The van der Waals surface area contributed by atoms with Crippen LogP contribution in [0.4, 0.5) is 0 Å². The molecule has 68 valence electrons. The predicted octanol–water partition coefficient (Wildman–Crippen LogP) is 3.60. The first-order chi connectivity index (χ1) is 6.29. The molecule has 0 N–H and O–H groups in total. The highest BCUT2D eigenvalue weighted by Crippen LogP contribution is 2.19. The second-order valence-electron chi connectivity index (χ2n) is 2.69. The van der Waals surface area contributed by atoms with Crippen molar-refractivity contribution in [1.29, 1.82) is 0 Å². The summed E-state index contributed by atoms with van der Waals surface area (Å²) < 4.78 is 4.33. The van der Waals surface area contributed by atoms with Crippen LogP contribution in [0.25, 0.3) is 5.57 Å². The van der Waals surface area contributed by atoms with Gasteiger partial charge in [-0.05, 0) is 36.5 Å². The van der Waals surface area contributed by atoms with Crippen LogP contribution >= 0.6 is 11.5 Å². The molecule has 0 spiro atoms. The first kappa shape index (κ1) is 9.93. The summed E-state index contributed by atoms with van der Waals surface area (Å²) in [5.41, 5.74) is 3.45. The average Bonchev–Trinajstić information content (AvgIpc) is 2.54. The molecule has 1 heterocycles. The maximum atomic E-state index is 4.33. The molecule has 0 saturated carbocycles. The van der Waals surface area contributed by atoms with Crippen molar-refractivity contribution in [2.45, 2.75) is 13.8 Å². The Morgan fingerprint density at radius 1 is 1.62 bits per heavy atom. The van der Waals surface area contributed by atoms with E-state index in [2.05, 4.69) is 29.3 Å². The summed E-state index contributed by atoms with van der Waals surface area (Å²) in [4.78, 5) is 0. The molecule has 1 rings (SSSR count). The first-order valence-corrected chi connectivity index (χ1v) is 5.00. The monoisotopic (exact) mass is 191 g/mol. The fraction of sp³-hybridized carbons (Fsp3) is 0.182. The molecule has 0 aliphatic carbocycles. The summed E-state index contributed by atoms with van der Waals surface area (Å²) in [5.74, 6) is 0. The van der Waals surface area contributed by atoms with Crippen LogP contribution in [0, 0.1) is 6.92 Å². The molecule has 1 nitrogen and oxygen atoms in total. The number of allylic oxidation sites excluding steroid dienone is 5. The van der Waals surface area contributed by atoms with Crippen LogP contribution < -0.4 is 0 Å². The largest absolute Gasteiger partial charge is 0.192 e. The lowest BCUT2D eigenvalue weighted by atomic mass is 10.1. The third-order valence-electron chi connectivity index (χ3n) is 1.74. The van der Waals surface area contributed by atoms with E-state index in [1.165, 1.54) is 17.1 Å². The molecule has 0 amide bonds. The summed E-state index contributed by atoms with van der Waals surface area (Å²) in [6, 6.07) is 0. The van der Waals surface area contributed by atoms with Crippen molar-refractivity contribution >= 4 is 17.1 Å². The molecule has 2 heteroatoms. The van der Waals surface area contributed by atoms with Gasteiger partial charge >= 0.3 is 0 Å². The molecule has 0 aliphatic rings. The fourth-order valence-electron chi connectivity index (χ4n) is 1.05. The number of hydrogen-bond donors (Lipinski definition) is 0. The second kappa shape index (κ2) is 4.77. The Morgan fingerprint density at radius 3 is 2.85 bits per heavy atom. The maximum absolute atomic E-state index is 4.33. The highest BCUT2D eigenvalue weighted by atomic mass is 32.1. The summed E-state index contributed by atoms with van der Waals surface area (Å²) in [6.07, 6.45) is 7.77. The summed E-state index contributed by atoms with van der Waals surface area (Å²) in [5, 5.41) is 2.06. The lowest BCUT2D eigenvalue weighted by Crippen LogP contribution is -1.82. The van der Waals surface area contributed by atoms with Crippen molar-refractivity contribution < 1.29 is 0 Å². The van der Waals surface area contributed by atoms with Gasteiger partial charge in [-0.15, -0.1) is 0 Å². The zero-order chi connectivity index (χ0) is 9.68. The van der Waals surface area contributed by atoms with Crippen LogP contribution in [0.5, 0.6) is 0 Å². The molecule has 0 saturated heterocycles. The van der Waals surface area contributed by atoms with E-state index >= 15 is 0 Å². The molecule has 1 aromatic rings.